The maximum Gasteiger partial charge on any atom is 0.217 e. The van der Waals surface area contributed by atoms with Gasteiger partial charge >= 0.3 is 0 Å². The van der Waals surface area contributed by atoms with Gasteiger partial charge in [-0.2, -0.15) is 4.39 Å². The van der Waals surface area contributed by atoms with Gasteiger partial charge in [0.25, 0.3) is 0 Å². The number of nitrogens with zero attached hydrogens (tertiary/aromatic N) is 1. The predicted molar refractivity (Wildman–Crippen MR) is 76.1 cm³/mol. The summed E-state index contributed by atoms with van der Waals surface area (Å²) in [5.41, 5.74) is 2.22. The van der Waals surface area contributed by atoms with Gasteiger partial charge in [0.2, 0.25) is 5.95 Å². The fraction of sp³-hybridized carbons (Fsp3) is 0.562. The average molecular weight is 249 g/mol. The lowest BCUT2D eigenvalue weighted by Crippen LogP contribution is -2.17. The first-order chi connectivity index (χ1) is 8.00. The summed E-state index contributed by atoms with van der Waals surface area (Å²) in [5.74, 6) is -0.351. The molecule has 0 saturated heterocycles. The molecule has 0 amide bonds. The van der Waals surface area contributed by atoms with Crippen LogP contribution in [0.2, 0.25) is 0 Å². The molecule has 1 aromatic heterocycles. The van der Waals surface area contributed by atoms with Crippen LogP contribution < -0.4 is 0 Å². The number of halogens is 1. The molecule has 0 aliphatic heterocycles. The Morgan fingerprint density at radius 1 is 1.11 bits per heavy atom. The second-order valence-electron chi connectivity index (χ2n) is 6.98. The summed E-state index contributed by atoms with van der Waals surface area (Å²) in [6, 6.07) is 1.95. The Balaban J connectivity index is 3.20. The van der Waals surface area contributed by atoms with E-state index in [9.17, 15) is 4.39 Å². The van der Waals surface area contributed by atoms with Crippen molar-refractivity contribution in [2.24, 2.45) is 5.41 Å². The minimum atomic E-state index is -0.351. The van der Waals surface area contributed by atoms with Crippen molar-refractivity contribution in [1.29, 1.82) is 0 Å². The monoisotopic (exact) mass is 249 g/mol. The van der Waals surface area contributed by atoms with E-state index in [1.807, 2.05) is 45.9 Å². The van der Waals surface area contributed by atoms with Crippen LogP contribution >= 0.6 is 0 Å². The number of pyridine rings is 1. The molecule has 0 saturated carbocycles. The van der Waals surface area contributed by atoms with Gasteiger partial charge < -0.3 is 0 Å². The highest BCUT2D eigenvalue weighted by Gasteiger charge is 2.22. The van der Waals surface area contributed by atoms with E-state index < -0.39 is 0 Å². The Hall–Kier alpha value is -1.18. The molecule has 1 rings (SSSR count). The molecule has 18 heavy (non-hydrogen) atoms. The van der Waals surface area contributed by atoms with Gasteiger partial charge in [-0.15, -0.1) is 0 Å². The molecule has 0 atom stereocenters. The maximum absolute atomic E-state index is 14.1. The molecule has 1 aromatic rings. The quantitative estimate of drug-likeness (QED) is 0.646. The third-order valence-electron chi connectivity index (χ3n) is 2.70. The second-order valence-corrected chi connectivity index (χ2v) is 6.98. The Bertz CT molecular complexity index is 436. The van der Waals surface area contributed by atoms with Crippen LogP contribution in [0, 0.1) is 18.3 Å². The molecule has 0 fully saturated rings. The topological polar surface area (TPSA) is 12.9 Å². The molecule has 0 radical (unpaired) electrons. The highest BCUT2D eigenvalue weighted by atomic mass is 19.1. The van der Waals surface area contributed by atoms with Crippen molar-refractivity contribution in [2.45, 2.75) is 53.9 Å². The van der Waals surface area contributed by atoms with Gasteiger partial charge in [-0.25, -0.2) is 4.98 Å². The molecule has 100 valence electrons. The van der Waals surface area contributed by atoms with Crippen LogP contribution in [0.1, 0.15) is 58.4 Å². The van der Waals surface area contributed by atoms with Crippen molar-refractivity contribution in [3.05, 3.63) is 34.9 Å². The SMILES string of the molecule is Cc1cc(/C=C/C(C)(C)C)nc(F)c1C(C)(C)C. The van der Waals surface area contributed by atoms with Crippen molar-refractivity contribution in [1.82, 2.24) is 4.98 Å². The van der Waals surface area contributed by atoms with Crippen LogP contribution in [0.15, 0.2) is 12.1 Å². The van der Waals surface area contributed by atoms with Gasteiger partial charge in [-0.05, 0) is 35.5 Å². The molecule has 0 aliphatic rings. The summed E-state index contributed by atoms with van der Waals surface area (Å²) in [6.07, 6.45) is 3.94. The lowest BCUT2D eigenvalue weighted by Gasteiger charge is -2.22. The molecule has 0 aliphatic carbocycles. The van der Waals surface area contributed by atoms with E-state index in [1.165, 1.54) is 0 Å². The number of hydrogen-bond acceptors (Lipinski definition) is 1. The van der Waals surface area contributed by atoms with Gasteiger partial charge in [0.1, 0.15) is 0 Å². The Kier molecular flexibility index (Phi) is 3.99. The smallest absolute Gasteiger partial charge is 0.217 e. The Morgan fingerprint density at radius 3 is 2.06 bits per heavy atom. The van der Waals surface area contributed by atoms with Gasteiger partial charge in [-0.1, -0.05) is 47.6 Å². The van der Waals surface area contributed by atoms with E-state index >= 15 is 0 Å². The number of aromatic nitrogens is 1. The highest BCUT2D eigenvalue weighted by Crippen LogP contribution is 2.28. The van der Waals surface area contributed by atoms with E-state index in [2.05, 4.69) is 25.8 Å². The van der Waals surface area contributed by atoms with Gasteiger partial charge in [0, 0.05) is 5.56 Å². The number of hydrogen-bond donors (Lipinski definition) is 0. The number of rotatable bonds is 1. The van der Waals surface area contributed by atoms with E-state index in [0.29, 0.717) is 11.3 Å². The van der Waals surface area contributed by atoms with Crippen molar-refractivity contribution < 1.29 is 4.39 Å². The van der Waals surface area contributed by atoms with E-state index in [4.69, 9.17) is 0 Å². The zero-order valence-electron chi connectivity index (χ0n) is 12.6. The molecular weight excluding hydrogens is 225 g/mol. The first-order valence-corrected chi connectivity index (χ1v) is 6.37. The van der Waals surface area contributed by atoms with E-state index in [-0.39, 0.29) is 16.8 Å². The summed E-state index contributed by atoms with van der Waals surface area (Å²) in [6.45, 7) is 14.3. The number of allylic oxidation sites excluding steroid dienone is 1. The lowest BCUT2D eigenvalue weighted by atomic mass is 9.85. The summed E-state index contributed by atoms with van der Waals surface area (Å²) in [7, 11) is 0. The molecule has 0 spiro atoms. The molecule has 0 bridgehead atoms. The van der Waals surface area contributed by atoms with Crippen molar-refractivity contribution in [2.75, 3.05) is 0 Å². The van der Waals surface area contributed by atoms with Crippen LogP contribution in [-0.4, -0.2) is 4.98 Å². The van der Waals surface area contributed by atoms with Crippen molar-refractivity contribution >= 4 is 6.08 Å². The first kappa shape index (κ1) is 14.9. The molecule has 1 heterocycles. The first-order valence-electron chi connectivity index (χ1n) is 6.37. The molecule has 0 aromatic carbocycles. The highest BCUT2D eigenvalue weighted by molar-refractivity contribution is 5.48. The van der Waals surface area contributed by atoms with Gasteiger partial charge in [0.15, 0.2) is 0 Å². The summed E-state index contributed by atoms with van der Waals surface area (Å²) < 4.78 is 14.1. The summed E-state index contributed by atoms with van der Waals surface area (Å²) in [4.78, 5) is 4.05. The van der Waals surface area contributed by atoms with E-state index in [0.717, 1.165) is 5.56 Å². The third-order valence-corrected chi connectivity index (χ3v) is 2.70. The van der Waals surface area contributed by atoms with Crippen molar-refractivity contribution in [3.8, 4) is 0 Å². The fourth-order valence-electron chi connectivity index (χ4n) is 1.98. The minimum absolute atomic E-state index is 0.0781. The average Bonchev–Trinajstić information content (AvgIpc) is 2.10. The van der Waals surface area contributed by atoms with Crippen LogP contribution in [0.4, 0.5) is 4.39 Å². The fourth-order valence-corrected chi connectivity index (χ4v) is 1.98. The largest absolute Gasteiger partial charge is 0.220 e. The van der Waals surface area contributed by atoms with E-state index in [1.54, 1.807) is 0 Å². The summed E-state index contributed by atoms with van der Waals surface area (Å²) in [5, 5.41) is 0. The Labute approximate surface area is 110 Å². The van der Waals surface area contributed by atoms with Gasteiger partial charge in [0.05, 0.1) is 5.69 Å². The van der Waals surface area contributed by atoms with Crippen LogP contribution in [0.5, 0.6) is 0 Å². The van der Waals surface area contributed by atoms with Crippen molar-refractivity contribution in [3.63, 3.8) is 0 Å². The maximum atomic E-state index is 14.1. The molecule has 2 heteroatoms. The number of aryl methyl sites for hydroxylation is 1. The van der Waals surface area contributed by atoms with Crippen LogP contribution in [0.25, 0.3) is 6.08 Å². The molecule has 1 nitrogen and oxygen atoms in total. The molecule has 0 unspecified atom stereocenters. The Morgan fingerprint density at radius 2 is 1.67 bits per heavy atom. The standard InChI is InChI=1S/C16H24FN/c1-11-10-12(8-9-15(2,3)4)18-14(17)13(11)16(5,6)7/h8-10H,1-7H3/b9-8+. The van der Waals surface area contributed by atoms with Crippen LogP contribution in [-0.2, 0) is 5.41 Å². The zero-order chi connectivity index (χ0) is 14.1. The predicted octanol–water partition coefficient (Wildman–Crippen LogP) is 4.89. The zero-order valence-corrected chi connectivity index (χ0v) is 12.6. The minimum Gasteiger partial charge on any atom is -0.220 e. The summed E-state index contributed by atoms with van der Waals surface area (Å²) >= 11 is 0. The third kappa shape index (κ3) is 3.94. The molecular formula is C16H24FN. The molecule has 0 N–H and O–H groups in total. The normalized spacial score (nSPS) is 13.3. The van der Waals surface area contributed by atoms with Crippen LogP contribution in [0.3, 0.4) is 0 Å². The second kappa shape index (κ2) is 4.83. The lowest BCUT2D eigenvalue weighted by molar-refractivity contribution is 0.494. The van der Waals surface area contributed by atoms with Gasteiger partial charge in [-0.3, -0.25) is 0 Å².